The third kappa shape index (κ3) is 3.30. The number of rotatable bonds is 4. The maximum Gasteiger partial charge on any atom is 0.350 e. The van der Waals surface area contributed by atoms with Crippen LogP contribution in [0.15, 0.2) is 29.2 Å². The smallest absolute Gasteiger partial charge is 0.350 e. The number of phenols is 1. The number of carbonyl (C=O) groups is 1. The Kier molecular flexibility index (Phi) is 4.98. The Labute approximate surface area is 170 Å². The first-order valence-corrected chi connectivity index (χ1v) is 9.43. The van der Waals surface area contributed by atoms with E-state index in [1.54, 1.807) is 13.0 Å². The molecule has 1 aliphatic rings. The van der Waals surface area contributed by atoms with Crippen LogP contribution in [0, 0.1) is 12.7 Å². The Morgan fingerprint density at radius 2 is 2.13 bits per heavy atom. The molecule has 9 nitrogen and oxygen atoms in total. The number of benzene rings is 1. The van der Waals surface area contributed by atoms with Crippen LogP contribution >= 0.6 is 0 Å². The highest BCUT2D eigenvalue weighted by Crippen LogP contribution is 2.29. The van der Waals surface area contributed by atoms with Crippen LogP contribution in [0.4, 0.5) is 10.1 Å². The second-order valence-electron chi connectivity index (χ2n) is 7.01. The lowest BCUT2D eigenvalue weighted by Gasteiger charge is -2.13. The minimum atomic E-state index is -0.856. The molecule has 2 aromatic heterocycles. The quantitative estimate of drug-likeness (QED) is 0.678. The van der Waals surface area contributed by atoms with Crippen molar-refractivity contribution in [2.75, 3.05) is 12.4 Å². The lowest BCUT2D eigenvalue weighted by molar-refractivity contribution is 0.102. The fourth-order valence-electron chi connectivity index (χ4n) is 3.47. The molecule has 4 rings (SSSR count). The molecule has 0 aliphatic carbocycles. The van der Waals surface area contributed by atoms with E-state index in [0.717, 1.165) is 29.7 Å². The van der Waals surface area contributed by atoms with Crippen molar-refractivity contribution >= 4 is 11.6 Å². The molecule has 3 aromatic rings. The van der Waals surface area contributed by atoms with Gasteiger partial charge in [-0.2, -0.15) is 4.68 Å². The van der Waals surface area contributed by atoms with Crippen LogP contribution in [0.25, 0.3) is 5.69 Å². The molecule has 0 spiro atoms. The minimum Gasteiger partial charge on any atom is -0.507 e. The molecule has 0 radical (unpaired) electrons. The molecule has 2 N–H and O–H groups in total. The van der Waals surface area contributed by atoms with Crippen molar-refractivity contribution in [3.8, 4) is 17.3 Å². The first kappa shape index (κ1) is 19.6. The number of methoxy groups -OCH3 is 1. The maximum absolute atomic E-state index is 14.8. The van der Waals surface area contributed by atoms with Gasteiger partial charge in [-0.15, -0.1) is 5.10 Å². The van der Waals surface area contributed by atoms with E-state index in [2.05, 4.69) is 15.4 Å². The molecule has 3 heterocycles. The number of anilines is 1. The van der Waals surface area contributed by atoms with Gasteiger partial charge in [0.05, 0.1) is 12.7 Å². The number of aryl methyl sites for hydroxylation is 2. The lowest BCUT2D eigenvalue weighted by atomic mass is 10.1. The highest BCUT2D eigenvalue weighted by atomic mass is 19.1. The first-order chi connectivity index (χ1) is 14.4. The van der Waals surface area contributed by atoms with Crippen LogP contribution in [0.3, 0.4) is 0 Å². The van der Waals surface area contributed by atoms with Crippen molar-refractivity contribution < 1.29 is 19.0 Å². The first-order valence-electron chi connectivity index (χ1n) is 9.43. The fraction of sp³-hybridized carbons (Fsp3) is 0.300. The summed E-state index contributed by atoms with van der Waals surface area (Å²) >= 11 is 0. The van der Waals surface area contributed by atoms with Crippen LogP contribution in [0.2, 0.25) is 0 Å². The van der Waals surface area contributed by atoms with Crippen molar-refractivity contribution in [3.63, 3.8) is 0 Å². The van der Waals surface area contributed by atoms with Crippen LogP contribution in [0.1, 0.15) is 34.6 Å². The molecule has 0 bridgehead atoms. The third-order valence-corrected chi connectivity index (χ3v) is 5.07. The fourth-order valence-corrected chi connectivity index (χ4v) is 3.47. The predicted molar refractivity (Wildman–Crippen MR) is 106 cm³/mol. The molecule has 0 saturated heterocycles. The summed E-state index contributed by atoms with van der Waals surface area (Å²) in [5, 5.41) is 17.2. The standard InChI is InChI=1S/C20H20FN5O4/c1-11-6-7-22-19(30-2)17(11)23-18(28)12-9-13(21)14(10-15(12)27)26-20(29)25-8-4-3-5-16(25)24-26/h6-7,9-10,27H,3-5,8H2,1-2H3,(H,23,28). The number of carbonyl (C=O) groups excluding carboxylic acids is 1. The number of halogens is 1. The number of phenolic OH excluding ortho intramolecular Hbond substituents is 1. The zero-order valence-electron chi connectivity index (χ0n) is 16.5. The van der Waals surface area contributed by atoms with Crippen LogP contribution < -0.4 is 15.7 Å². The van der Waals surface area contributed by atoms with E-state index in [1.807, 2.05) is 0 Å². The number of amides is 1. The molecule has 1 aliphatic heterocycles. The summed E-state index contributed by atoms with van der Waals surface area (Å²) in [5.74, 6) is -1.32. The van der Waals surface area contributed by atoms with Crippen LogP contribution in [-0.4, -0.2) is 37.5 Å². The van der Waals surface area contributed by atoms with E-state index >= 15 is 0 Å². The van der Waals surface area contributed by atoms with Crippen molar-refractivity contribution in [2.24, 2.45) is 0 Å². The molecule has 156 valence electrons. The number of nitrogens with zero attached hydrogens (tertiary/aromatic N) is 4. The molecule has 0 atom stereocenters. The Balaban J connectivity index is 1.70. The molecular formula is C20H20FN5O4. The van der Waals surface area contributed by atoms with E-state index < -0.39 is 23.2 Å². The van der Waals surface area contributed by atoms with E-state index in [1.165, 1.54) is 17.9 Å². The van der Waals surface area contributed by atoms with Crippen molar-refractivity contribution in [1.29, 1.82) is 0 Å². The highest BCUT2D eigenvalue weighted by molar-refractivity contribution is 6.07. The Hall–Kier alpha value is -3.69. The van der Waals surface area contributed by atoms with Gasteiger partial charge in [0.2, 0.25) is 5.88 Å². The summed E-state index contributed by atoms with van der Waals surface area (Å²) in [5.41, 5.74) is 0.00870. The zero-order valence-corrected chi connectivity index (χ0v) is 16.5. The second kappa shape index (κ2) is 7.62. The Morgan fingerprint density at radius 1 is 1.33 bits per heavy atom. The van der Waals surface area contributed by atoms with E-state index in [0.29, 0.717) is 30.0 Å². The number of hydrogen-bond acceptors (Lipinski definition) is 6. The van der Waals surface area contributed by atoms with Crippen molar-refractivity contribution in [2.45, 2.75) is 32.7 Å². The lowest BCUT2D eigenvalue weighted by Crippen LogP contribution is -2.26. The molecule has 1 aromatic carbocycles. The van der Waals surface area contributed by atoms with Gasteiger partial charge in [-0.1, -0.05) is 0 Å². The van der Waals surface area contributed by atoms with Gasteiger partial charge in [-0.05, 0) is 37.5 Å². The number of ether oxygens (including phenoxy) is 1. The summed E-state index contributed by atoms with van der Waals surface area (Å²) < 4.78 is 22.4. The largest absolute Gasteiger partial charge is 0.507 e. The van der Waals surface area contributed by atoms with Gasteiger partial charge in [-0.25, -0.2) is 14.2 Å². The van der Waals surface area contributed by atoms with Gasteiger partial charge in [0.25, 0.3) is 5.91 Å². The molecule has 30 heavy (non-hydrogen) atoms. The van der Waals surface area contributed by atoms with Crippen molar-refractivity contribution in [3.05, 3.63) is 57.6 Å². The molecule has 0 fully saturated rings. The average Bonchev–Trinajstić information content (AvgIpc) is 3.07. The second-order valence-corrected chi connectivity index (χ2v) is 7.01. The van der Waals surface area contributed by atoms with Crippen molar-refractivity contribution in [1.82, 2.24) is 19.3 Å². The SMILES string of the molecule is COc1nccc(C)c1NC(=O)c1cc(F)c(-n2nc3n(c2=O)CCCC3)cc1O. The number of aromatic hydroxyl groups is 1. The number of fused-ring (bicyclic) bond motifs is 1. The van der Waals surface area contributed by atoms with E-state index in [-0.39, 0.29) is 17.1 Å². The van der Waals surface area contributed by atoms with Gasteiger partial charge in [0.15, 0.2) is 0 Å². The molecule has 10 heteroatoms. The van der Waals surface area contributed by atoms with Gasteiger partial charge in [-0.3, -0.25) is 9.36 Å². The summed E-state index contributed by atoms with van der Waals surface area (Å²) in [6, 6.07) is 3.58. The molecule has 0 unspecified atom stereocenters. The summed E-state index contributed by atoms with van der Waals surface area (Å²) in [7, 11) is 1.41. The topological polar surface area (TPSA) is 111 Å². The van der Waals surface area contributed by atoms with Gasteiger partial charge < -0.3 is 15.2 Å². The zero-order chi connectivity index (χ0) is 21.4. The Morgan fingerprint density at radius 3 is 2.87 bits per heavy atom. The number of nitrogens with one attached hydrogen (secondary N) is 1. The summed E-state index contributed by atoms with van der Waals surface area (Å²) in [6.07, 6.45) is 3.91. The Bertz CT molecular complexity index is 1200. The molecular weight excluding hydrogens is 393 g/mol. The molecule has 1 amide bonds. The normalized spacial score (nSPS) is 13.0. The number of hydrogen-bond donors (Lipinski definition) is 2. The predicted octanol–water partition coefficient (Wildman–Crippen LogP) is 2.18. The van der Waals surface area contributed by atoms with Gasteiger partial charge in [0.1, 0.15) is 28.8 Å². The van der Waals surface area contributed by atoms with Crippen LogP contribution in [-0.2, 0) is 13.0 Å². The maximum atomic E-state index is 14.8. The summed E-state index contributed by atoms with van der Waals surface area (Å²) in [4.78, 5) is 29.3. The van der Waals surface area contributed by atoms with Gasteiger partial charge in [0, 0.05) is 25.2 Å². The minimum absolute atomic E-state index is 0.190. The average molecular weight is 413 g/mol. The van der Waals surface area contributed by atoms with E-state index in [4.69, 9.17) is 4.74 Å². The number of pyridine rings is 1. The highest BCUT2D eigenvalue weighted by Gasteiger charge is 2.23. The van der Waals surface area contributed by atoms with E-state index in [9.17, 15) is 19.1 Å². The number of aromatic nitrogens is 4. The van der Waals surface area contributed by atoms with Crippen LogP contribution in [0.5, 0.6) is 11.6 Å². The summed E-state index contributed by atoms with van der Waals surface area (Å²) in [6.45, 7) is 2.27. The molecule has 0 saturated carbocycles. The van der Waals surface area contributed by atoms with Gasteiger partial charge >= 0.3 is 5.69 Å². The monoisotopic (exact) mass is 413 g/mol. The third-order valence-electron chi connectivity index (χ3n) is 5.07.